The molecular formula is C23H22O5S. The van der Waals surface area contributed by atoms with Crippen LogP contribution in [-0.2, 0) is 10.1 Å². The highest BCUT2D eigenvalue weighted by atomic mass is 32.2. The molecule has 0 aliphatic carbocycles. The van der Waals surface area contributed by atoms with Gasteiger partial charge in [-0.1, -0.05) is 48.5 Å². The summed E-state index contributed by atoms with van der Waals surface area (Å²) in [4.78, 5) is 0. The van der Waals surface area contributed by atoms with Gasteiger partial charge in [-0.15, -0.1) is 0 Å². The van der Waals surface area contributed by atoms with Crippen molar-refractivity contribution >= 4 is 10.1 Å². The molecule has 0 spiro atoms. The molecule has 0 fully saturated rings. The molecule has 2 atom stereocenters. The lowest BCUT2D eigenvalue weighted by molar-refractivity contribution is 0.247. The van der Waals surface area contributed by atoms with E-state index in [-0.39, 0.29) is 11.8 Å². The number of hydrogen-bond acceptors (Lipinski definition) is 5. The van der Waals surface area contributed by atoms with E-state index in [1.165, 1.54) is 5.56 Å². The fraction of sp³-hybridized carbons (Fsp3) is 0.217. The summed E-state index contributed by atoms with van der Waals surface area (Å²) in [6, 6.07) is 23.4. The van der Waals surface area contributed by atoms with Crippen LogP contribution >= 0.6 is 0 Å². The van der Waals surface area contributed by atoms with Crippen molar-refractivity contribution in [2.75, 3.05) is 20.0 Å². The molecule has 1 aliphatic rings. The molecule has 29 heavy (non-hydrogen) atoms. The Morgan fingerprint density at radius 2 is 1.59 bits per heavy atom. The van der Waals surface area contributed by atoms with Gasteiger partial charge in [0.05, 0.1) is 20.0 Å². The average molecular weight is 410 g/mol. The zero-order valence-corrected chi connectivity index (χ0v) is 17.1. The van der Waals surface area contributed by atoms with Crippen molar-refractivity contribution in [3.63, 3.8) is 0 Å². The van der Waals surface area contributed by atoms with Crippen LogP contribution in [0.4, 0.5) is 0 Å². The van der Waals surface area contributed by atoms with Crippen LogP contribution < -0.4 is 13.7 Å². The number of fused-ring (bicyclic) bond motifs is 1. The molecule has 4 rings (SSSR count). The highest BCUT2D eigenvalue weighted by Gasteiger charge is 2.33. The molecule has 0 saturated carbocycles. The standard InChI is InChI=1S/C23H22O5S/c1-26-19-12-13-20-22(14-19)27-15-21(16-6-4-3-5-7-16)23(20)17-8-10-18(11-9-17)28-29(2,24)25/h3-14,21,23H,15H2,1-2H3. The Bertz CT molecular complexity index is 1090. The fourth-order valence-corrected chi connectivity index (χ4v) is 4.28. The van der Waals surface area contributed by atoms with Crippen LogP contribution in [0.5, 0.6) is 17.2 Å². The maximum atomic E-state index is 11.4. The Labute approximate surface area is 171 Å². The van der Waals surface area contributed by atoms with E-state index in [9.17, 15) is 8.42 Å². The van der Waals surface area contributed by atoms with Gasteiger partial charge in [-0.25, -0.2) is 0 Å². The summed E-state index contributed by atoms with van der Waals surface area (Å²) in [5, 5.41) is 0. The lowest BCUT2D eigenvalue weighted by atomic mass is 9.76. The molecule has 6 heteroatoms. The SMILES string of the molecule is COc1ccc2c(c1)OCC(c1ccccc1)C2c1ccc(OS(C)(=O)=O)cc1. The Morgan fingerprint density at radius 1 is 0.897 bits per heavy atom. The van der Waals surface area contributed by atoms with Gasteiger partial charge < -0.3 is 13.7 Å². The second-order valence-corrected chi connectivity index (χ2v) is 8.64. The third-order valence-electron chi connectivity index (χ3n) is 5.09. The maximum Gasteiger partial charge on any atom is 0.306 e. The van der Waals surface area contributed by atoms with Gasteiger partial charge in [-0.3, -0.25) is 0 Å². The van der Waals surface area contributed by atoms with E-state index < -0.39 is 10.1 Å². The summed E-state index contributed by atoms with van der Waals surface area (Å²) in [7, 11) is -1.92. The number of ether oxygens (including phenoxy) is 2. The Morgan fingerprint density at radius 3 is 2.24 bits per heavy atom. The number of hydrogen-bond donors (Lipinski definition) is 0. The van der Waals surface area contributed by atoms with Crippen LogP contribution in [0.2, 0.25) is 0 Å². The second-order valence-electron chi connectivity index (χ2n) is 7.07. The van der Waals surface area contributed by atoms with Crippen LogP contribution in [0.25, 0.3) is 0 Å². The second kappa shape index (κ2) is 7.79. The third kappa shape index (κ3) is 4.22. The third-order valence-corrected chi connectivity index (χ3v) is 5.59. The number of methoxy groups -OCH3 is 1. The predicted molar refractivity (Wildman–Crippen MR) is 111 cm³/mol. The van der Waals surface area contributed by atoms with Gasteiger partial charge in [-0.05, 0) is 29.3 Å². The molecule has 3 aromatic rings. The van der Waals surface area contributed by atoms with E-state index in [4.69, 9.17) is 13.7 Å². The molecule has 0 N–H and O–H groups in total. The molecule has 150 valence electrons. The van der Waals surface area contributed by atoms with Crippen molar-refractivity contribution in [3.8, 4) is 17.2 Å². The topological polar surface area (TPSA) is 61.8 Å². The van der Waals surface area contributed by atoms with Crippen LogP contribution in [0, 0.1) is 0 Å². The summed E-state index contributed by atoms with van der Waals surface area (Å²) in [6.07, 6.45) is 1.04. The highest BCUT2D eigenvalue weighted by molar-refractivity contribution is 7.86. The van der Waals surface area contributed by atoms with Crippen molar-refractivity contribution in [1.82, 2.24) is 0 Å². The first kappa shape index (κ1) is 19.3. The molecule has 0 bridgehead atoms. The Hall–Kier alpha value is -2.99. The molecular weight excluding hydrogens is 388 g/mol. The minimum Gasteiger partial charge on any atom is -0.497 e. The van der Waals surface area contributed by atoms with Gasteiger partial charge in [0.25, 0.3) is 0 Å². The molecule has 1 aliphatic heterocycles. The van der Waals surface area contributed by atoms with Gasteiger partial charge in [0, 0.05) is 23.5 Å². The van der Waals surface area contributed by atoms with E-state index in [1.807, 2.05) is 48.5 Å². The summed E-state index contributed by atoms with van der Waals surface area (Å²) in [6.45, 7) is 0.538. The maximum absolute atomic E-state index is 11.4. The van der Waals surface area contributed by atoms with E-state index in [1.54, 1.807) is 19.2 Å². The molecule has 3 aromatic carbocycles. The van der Waals surface area contributed by atoms with Crippen LogP contribution in [0.3, 0.4) is 0 Å². The van der Waals surface area contributed by atoms with Crippen molar-refractivity contribution in [3.05, 3.63) is 89.5 Å². The fourth-order valence-electron chi connectivity index (χ4n) is 3.82. The number of benzene rings is 3. The minimum absolute atomic E-state index is 0.0549. The van der Waals surface area contributed by atoms with Gasteiger partial charge in [-0.2, -0.15) is 8.42 Å². The van der Waals surface area contributed by atoms with Crippen LogP contribution in [0.1, 0.15) is 28.5 Å². The summed E-state index contributed by atoms with van der Waals surface area (Å²) in [5.41, 5.74) is 3.33. The van der Waals surface area contributed by atoms with Crippen molar-refractivity contribution in [2.45, 2.75) is 11.8 Å². The minimum atomic E-state index is -3.56. The molecule has 5 nitrogen and oxygen atoms in total. The van der Waals surface area contributed by atoms with E-state index >= 15 is 0 Å². The zero-order valence-electron chi connectivity index (χ0n) is 16.2. The molecule has 1 heterocycles. The van der Waals surface area contributed by atoms with Gasteiger partial charge in [0.1, 0.15) is 17.2 Å². The van der Waals surface area contributed by atoms with E-state index in [2.05, 4.69) is 12.1 Å². The van der Waals surface area contributed by atoms with Crippen molar-refractivity contribution < 1.29 is 22.1 Å². The quantitative estimate of drug-likeness (QED) is 0.586. The van der Waals surface area contributed by atoms with E-state index in [0.717, 1.165) is 28.9 Å². The van der Waals surface area contributed by atoms with Gasteiger partial charge in [0.15, 0.2) is 0 Å². The first-order valence-electron chi connectivity index (χ1n) is 9.30. The van der Waals surface area contributed by atoms with Gasteiger partial charge in [0.2, 0.25) is 0 Å². The van der Waals surface area contributed by atoms with Crippen molar-refractivity contribution in [1.29, 1.82) is 0 Å². The average Bonchev–Trinajstić information content (AvgIpc) is 2.72. The van der Waals surface area contributed by atoms with E-state index in [0.29, 0.717) is 12.4 Å². The van der Waals surface area contributed by atoms with Crippen LogP contribution in [-0.4, -0.2) is 28.4 Å². The molecule has 0 radical (unpaired) electrons. The highest BCUT2D eigenvalue weighted by Crippen LogP contribution is 2.47. The summed E-state index contributed by atoms with van der Waals surface area (Å²) < 4.78 is 39.2. The zero-order chi connectivity index (χ0) is 20.4. The summed E-state index contributed by atoms with van der Waals surface area (Å²) >= 11 is 0. The predicted octanol–water partition coefficient (Wildman–Crippen LogP) is 4.34. The normalized spacial score (nSPS) is 18.4. The lowest BCUT2D eigenvalue weighted by Gasteiger charge is -2.34. The largest absolute Gasteiger partial charge is 0.497 e. The first-order chi connectivity index (χ1) is 13.9. The smallest absolute Gasteiger partial charge is 0.306 e. The Balaban J connectivity index is 1.77. The summed E-state index contributed by atoms with van der Waals surface area (Å²) in [5.74, 6) is 2.03. The lowest BCUT2D eigenvalue weighted by Crippen LogP contribution is -2.25. The first-order valence-corrected chi connectivity index (χ1v) is 11.1. The Kier molecular flexibility index (Phi) is 5.20. The number of rotatable bonds is 5. The molecule has 0 saturated heterocycles. The molecule has 2 unspecified atom stereocenters. The molecule has 0 amide bonds. The monoisotopic (exact) mass is 410 g/mol. The van der Waals surface area contributed by atoms with Crippen LogP contribution in [0.15, 0.2) is 72.8 Å². The van der Waals surface area contributed by atoms with Crippen molar-refractivity contribution in [2.24, 2.45) is 0 Å². The molecule has 0 aromatic heterocycles. The van der Waals surface area contributed by atoms with Gasteiger partial charge >= 0.3 is 10.1 Å².